The minimum absolute atomic E-state index is 0.116. The Balaban J connectivity index is 1.98. The van der Waals surface area contributed by atoms with Crippen LogP contribution in [-0.4, -0.2) is 12.1 Å². The molecule has 2 rings (SSSR count). The SMILES string of the molecule is O=C([O-])C[C@H](NC(=O)OCc1ccccc1)c1ccc(Br)cc1. The average Bonchev–Trinajstić information content (AvgIpc) is 2.53. The molecule has 120 valence electrons. The summed E-state index contributed by atoms with van der Waals surface area (Å²) < 4.78 is 5.97. The lowest BCUT2D eigenvalue weighted by atomic mass is 10.0. The minimum atomic E-state index is -1.25. The molecule has 0 aliphatic carbocycles. The van der Waals surface area contributed by atoms with Crippen LogP contribution in [0.15, 0.2) is 59.1 Å². The quantitative estimate of drug-likeness (QED) is 0.839. The summed E-state index contributed by atoms with van der Waals surface area (Å²) >= 11 is 3.31. The zero-order valence-corrected chi connectivity index (χ0v) is 13.8. The van der Waals surface area contributed by atoms with Gasteiger partial charge >= 0.3 is 6.09 Å². The van der Waals surface area contributed by atoms with Crippen LogP contribution in [0.5, 0.6) is 0 Å². The molecular formula is C17H15BrNO4-. The first-order valence-electron chi connectivity index (χ1n) is 6.97. The van der Waals surface area contributed by atoms with E-state index in [1.54, 1.807) is 24.3 Å². The lowest BCUT2D eigenvalue weighted by Crippen LogP contribution is -2.34. The summed E-state index contributed by atoms with van der Waals surface area (Å²) in [6, 6.07) is 15.5. The van der Waals surface area contributed by atoms with Gasteiger partial charge in [0, 0.05) is 16.9 Å². The maximum atomic E-state index is 11.9. The predicted molar refractivity (Wildman–Crippen MR) is 86.3 cm³/mol. The van der Waals surface area contributed by atoms with E-state index in [4.69, 9.17) is 4.74 Å². The van der Waals surface area contributed by atoms with E-state index in [0.717, 1.165) is 10.0 Å². The molecule has 5 nitrogen and oxygen atoms in total. The van der Waals surface area contributed by atoms with E-state index >= 15 is 0 Å². The van der Waals surface area contributed by atoms with Gasteiger partial charge < -0.3 is 20.0 Å². The third-order valence-electron chi connectivity index (χ3n) is 3.15. The molecule has 2 aromatic rings. The van der Waals surface area contributed by atoms with E-state index in [1.807, 2.05) is 30.3 Å². The Hall–Kier alpha value is -2.34. The molecule has 0 saturated heterocycles. The van der Waals surface area contributed by atoms with Crippen molar-refractivity contribution in [3.05, 3.63) is 70.2 Å². The number of carbonyl (C=O) groups excluding carboxylic acids is 2. The molecule has 0 fully saturated rings. The Morgan fingerprint density at radius 3 is 2.35 bits per heavy atom. The molecule has 2 aromatic carbocycles. The van der Waals surface area contributed by atoms with E-state index in [-0.39, 0.29) is 13.0 Å². The van der Waals surface area contributed by atoms with Crippen LogP contribution < -0.4 is 10.4 Å². The second kappa shape index (κ2) is 8.33. The molecule has 1 N–H and O–H groups in total. The highest BCUT2D eigenvalue weighted by Crippen LogP contribution is 2.19. The number of benzene rings is 2. The number of rotatable bonds is 6. The van der Waals surface area contributed by atoms with Crippen LogP contribution in [0.1, 0.15) is 23.6 Å². The van der Waals surface area contributed by atoms with Crippen molar-refractivity contribution in [3.8, 4) is 0 Å². The molecule has 0 bridgehead atoms. The summed E-state index contributed by atoms with van der Waals surface area (Å²) in [5.41, 5.74) is 1.51. The van der Waals surface area contributed by atoms with Gasteiger partial charge in [0.15, 0.2) is 0 Å². The summed E-state index contributed by atoms with van der Waals surface area (Å²) in [6.45, 7) is 0.116. The topological polar surface area (TPSA) is 78.5 Å². The number of hydrogen-bond acceptors (Lipinski definition) is 4. The van der Waals surface area contributed by atoms with E-state index in [9.17, 15) is 14.7 Å². The van der Waals surface area contributed by atoms with Gasteiger partial charge in [-0.1, -0.05) is 58.4 Å². The van der Waals surface area contributed by atoms with Crippen molar-refractivity contribution in [1.29, 1.82) is 0 Å². The van der Waals surface area contributed by atoms with Gasteiger partial charge in [-0.15, -0.1) is 0 Å². The minimum Gasteiger partial charge on any atom is -0.550 e. The number of halogens is 1. The van der Waals surface area contributed by atoms with E-state index < -0.39 is 18.1 Å². The molecular weight excluding hydrogens is 362 g/mol. The highest BCUT2D eigenvalue weighted by molar-refractivity contribution is 9.10. The van der Waals surface area contributed by atoms with Crippen LogP contribution in [0.2, 0.25) is 0 Å². The number of carboxylic acid groups (broad SMARTS) is 1. The molecule has 0 aliphatic heterocycles. The Kier molecular flexibility index (Phi) is 6.17. The summed E-state index contributed by atoms with van der Waals surface area (Å²) in [5.74, 6) is -1.25. The lowest BCUT2D eigenvalue weighted by molar-refractivity contribution is -0.306. The van der Waals surface area contributed by atoms with Crippen LogP contribution in [-0.2, 0) is 16.1 Å². The smallest absolute Gasteiger partial charge is 0.407 e. The van der Waals surface area contributed by atoms with Crippen molar-refractivity contribution >= 4 is 28.0 Å². The number of carbonyl (C=O) groups is 2. The number of aliphatic carboxylic acids is 1. The van der Waals surface area contributed by atoms with Crippen LogP contribution in [0.3, 0.4) is 0 Å². The average molecular weight is 377 g/mol. The van der Waals surface area contributed by atoms with E-state index in [1.165, 1.54) is 0 Å². The lowest BCUT2D eigenvalue weighted by Gasteiger charge is -2.19. The Labute approximate surface area is 142 Å². The number of ether oxygens (including phenoxy) is 1. The van der Waals surface area contributed by atoms with Crippen LogP contribution in [0.25, 0.3) is 0 Å². The molecule has 23 heavy (non-hydrogen) atoms. The highest BCUT2D eigenvalue weighted by atomic mass is 79.9. The standard InChI is InChI=1S/C17H16BrNO4/c18-14-8-6-13(7-9-14)15(10-16(20)21)19-17(22)23-11-12-4-2-1-3-5-12/h1-9,15H,10-11H2,(H,19,22)(H,20,21)/p-1/t15-/m0/s1. The van der Waals surface area contributed by atoms with Gasteiger partial charge in [-0.3, -0.25) is 0 Å². The van der Waals surface area contributed by atoms with Crippen LogP contribution in [0, 0.1) is 0 Å². The second-order valence-electron chi connectivity index (χ2n) is 4.89. The fraction of sp³-hybridized carbons (Fsp3) is 0.176. The van der Waals surface area contributed by atoms with Crippen molar-refractivity contribution in [2.45, 2.75) is 19.1 Å². The summed E-state index contributed by atoms with van der Waals surface area (Å²) in [7, 11) is 0. The molecule has 0 spiro atoms. The number of alkyl carbamates (subject to hydrolysis) is 1. The number of amides is 1. The number of carboxylic acids is 1. The molecule has 0 unspecified atom stereocenters. The maximum Gasteiger partial charge on any atom is 0.407 e. The molecule has 1 atom stereocenters. The molecule has 0 saturated carbocycles. The van der Waals surface area contributed by atoms with Gasteiger partial charge in [0.25, 0.3) is 0 Å². The maximum absolute atomic E-state index is 11.9. The van der Waals surface area contributed by atoms with Gasteiger partial charge in [0.1, 0.15) is 6.61 Å². The predicted octanol–water partition coefficient (Wildman–Crippen LogP) is 2.56. The van der Waals surface area contributed by atoms with E-state index in [0.29, 0.717) is 5.56 Å². The van der Waals surface area contributed by atoms with Crippen LogP contribution >= 0.6 is 15.9 Å². The van der Waals surface area contributed by atoms with Gasteiger partial charge in [-0.25, -0.2) is 4.79 Å². The Morgan fingerprint density at radius 2 is 1.74 bits per heavy atom. The largest absolute Gasteiger partial charge is 0.550 e. The van der Waals surface area contributed by atoms with Gasteiger partial charge in [0.2, 0.25) is 0 Å². The second-order valence-corrected chi connectivity index (χ2v) is 5.80. The fourth-order valence-corrected chi connectivity index (χ4v) is 2.29. The van der Waals surface area contributed by atoms with Gasteiger partial charge in [0.05, 0.1) is 6.04 Å². The first-order chi connectivity index (χ1) is 11.0. The van der Waals surface area contributed by atoms with Crippen molar-refractivity contribution in [3.63, 3.8) is 0 Å². The van der Waals surface area contributed by atoms with Gasteiger partial charge in [-0.05, 0) is 23.3 Å². The summed E-state index contributed by atoms with van der Waals surface area (Å²) in [4.78, 5) is 22.8. The number of nitrogens with one attached hydrogen (secondary N) is 1. The normalized spacial score (nSPS) is 11.5. The summed E-state index contributed by atoms with van der Waals surface area (Å²) in [6.07, 6.45) is -1.01. The number of hydrogen-bond donors (Lipinski definition) is 1. The molecule has 0 radical (unpaired) electrons. The Morgan fingerprint density at radius 1 is 1.09 bits per heavy atom. The first-order valence-corrected chi connectivity index (χ1v) is 7.76. The van der Waals surface area contributed by atoms with Crippen molar-refractivity contribution < 1.29 is 19.4 Å². The first kappa shape index (κ1) is 17.0. The van der Waals surface area contributed by atoms with Crippen molar-refractivity contribution in [2.75, 3.05) is 0 Å². The van der Waals surface area contributed by atoms with Crippen molar-refractivity contribution in [2.24, 2.45) is 0 Å². The Bertz CT molecular complexity index is 658. The molecule has 0 aromatic heterocycles. The zero-order valence-electron chi connectivity index (χ0n) is 12.2. The molecule has 0 aliphatic rings. The highest BCUT2D eigenvalue weighted by Gasteiger charge is 2.16. The zero-order chi connectivity index (χ0) is 16.7. The molecule has 6 heteroatoms. The van der Waals surface area contributed by atoms with Crippen LogP contribution in [0.4, 0.5) is 4.79 Å². The molecule has 0 heterocycles. The fourth-order valence-electron chi connectivity index (χ4n) is 2.02. The van der Waals surface area contributed by atoms with Crippen molar-refractivity contribution in [1.82, 2.24) is 5.32 Å². The molecule has 1 amide bonds. The van der Waals surface area contributed by atoms with E-state index in [2.05, 4.69) is 21.2 Å². The van der Waals surface area contributed by atoms with Gasteiger partial charge in [-0.2, -0.15) is 0 Å². The monoisotopic (exact) mass is 376 g/mol. The third-order valence-corrected chi connectivity index (χ3v) is 3.68. The summed E-state index contributed by atoms with van der Waals surface area (Å²) in [5, 5.41) is 13.5. The third kappa shape index (κ3) is 5.75.